The molecule has 0 fully saturated rings. The first-order valence-electron chi connectivity index (χ1n) is 28.3. The molecule has 1 unspecified atom stereocenters. The molecule has 0 aliphatic carbocycles. The lowest BCUT2D eigenvalue weighted by atomic mass is 9.99. The fraction of sp³-hybridized carbons (Fsp3) is 0.947. The zero-order valence-electron chi connectivity index (χ0n) is 43.2. The Morgan fingerprint density at radius 3 is 0.905 bits per heavy atom. The smallest absolute Gasteiger partial charge is 0.306 e. The SMILES string of the molecule is CCCCCCCCCCCCC(=O)O[C@@H](COC(=O)CCCCCCCCCCCCCCCCCCCCC(C)CC)COC(=O)CCCCCCCCCCCCC(C)C. The van der Waals surface area contributed by atoms with Crippen LogP contribution in [0, 0.1) is 11.8 Å². The van der Waals surface area contributed by atoms with Crippen LogP contribution < -0.4 is 0 Å². The van der Waals surface area contributed by atoms with Gasteiger partial charge in [0, 0.05) is 19.3 Å². The van der Waals surface area contributed by atoms with Gasteiger partial charge in [-0.15, -0.1) is 0 Å². The second-order valence-electron chi connectivity index (χ2n) is 20.3. The number of ether oxygens (including phenoxy) is 3. The first-order chi connectivity index (χ1) is 30.8. The van der Waals surface area contributed by atoms with Crippen LogP contribution in [-0.4, -0.2) is 37.2 Å². The lowest BCUT2D eigenvalue weighted by Crippen LogP contribution is -2.30. The molecule has 0 spiro atoms. The van der Waals surface area contributed by atoms with Crippen molar-refractivity contribution in [2.75, 3.05) is 13.2 Å². The molecule has 0 aromatic rings. The third-order valence-corrected chi connectivity index (χ3v) is 13.3. The summed E-state index contributed by atoms with van der Waals surface area (Å²) in [6.45, 7) is 11.4. The standard InChI is InChI=1S/C57H110O6/c1-6-8-9-10-11-12-27-34-39-44-49-57(60)63-54(51-62-56(59)48-43-38-33-29-24-23-25-30-35-40-45-52(3)4)50-61-55(58)47-42-37-32-28-22-20-18-16-14-13-15-17-19-21-26-31-36-41-46-53(5)7-2/h52-54H,6-51H2,1-5H3/t53?,54-/m0/s1. The van der Waals surface area contributed by atoms with E-state index < -0.39 is 6.10 Å². The maximum Gasteiger partial charge on any atom is 0.306 e. The van der Waals surface area contributed by atoms with E-state index in [9.17, 15) is 14.4 Å². The van der Waals surface area contributed by atoms with Crippen LogP contribution in [0.5, 0.6) is 0 Å². The molecule has 0 radical (unpaired) electrons. The van der Waals surface area contributed by atoms with Gasteiger partial charge in [0.2, 0.25) is 0 Å². The molecular weight excluding hydrogens is 781 g/mol. The van der Waals surface area contributed by atoms with Crippen molar-refractivity contribution in [1.82, 2.24) is 0 Å². The van der Waals surface area contributed by atoms with Crippen molar-refractivity contribution in [1.29, 1.82) is 0 Å². The van der Waals surface area contributed by atoms with Crippen LogP contribution >= 0.6 is 0 Å². The average molecular weight is 892 g/mol. The number of carbonyl (C=O) groups is 3. The minimum atomic E-state index is -0.761. The van der Waals surface area contributed by atoms with Crippen molar-refractivity contribution in [2.24, 2.45) is 11.8 Å². The van der Waals surface area contributed by atoms with Gasteiger partial charge in [0.15, 0.2) is 6.10 Å². The van der Waals surface area contributed by atoms with E-state index in [0.29, 0.717) is 19.3 Å². The van der Waals surface area contributed by atoms with Gasteiger partial charge in [0.25, 0.3) is 0 Å². The highest BCUT2D eigenvalue weighted by Gasteiger charge is 2.19. The van der Waals surface area contributed by atoms with E-state index in [4.69, 9.17) is 14.2 Å². The quantitative estimate of drug-likeness (QED) is 0.0344. The Balaban J connectivity index is 4.17. The van der Waals surface area contributed by atoms with Gasteiger partial charge < -0.3 is 14.2 Å². The monoisotopic (exact) mass is 891 g/mol. The van der Waals surface area contributed by atoms with Crippen molar-refractivity contribution >= 4 is 17.9 Å². The molecule has 0 heterocycles. The Morgan fingerprint density at radius 2 is 0.603 bits per heavy atom. The number of esters is 3. The van der Waals surface area contributed by atoms with E-state index in [-0.39, 0.29) is 31.1 Å². The Bertz CT molecular complexity index is 964. The van der Waals surface area contributed by atoms with Crippen molar-refractivity contribution in [3.05, 3.63) is 0 Å². The van der Waals surface area contributed by atoms with Crippen molar-refractivity contribution in [3.8, 4) is 0 Å². The van der Waals surface area contributed by atoms with Crippen LogP contribution in [0.1, 0.15) is 317 Å². The van der Waals surface area contributed by atoms with Crippen LogP contribution in [0.3, 0.4) is 0 Å². The topological polar surface area (TPSA) is 78.9 Å². The molecule has 0 aromatic carbocycles. The Hall–Kier alpha value is -1.59. The average Bonchev–Trinajstić information content (AvgIpc) is 3.27. The molecule has 0 aromatic heterocycles. The normalized spacial score (nSPS) is 12.5. The summed E-state index contributed by atoms with van der Waals surface area (Å²) < 4.78 is 16.8. The summed E-state index contributed by atoms with van der Waals surface area (Å²) in [7, 11) is 0. The Morgan fingerprint density at radius 1 is 0.333 bits per heavy atom. The molecule has 0 amide bonds. The Kier molecular flexibility index (Phi) is 48.6. The van der Waals surface area contributed by atoms with Crippen molar-refractivity contribution in [2.45, 2.75) is 323 Å². The molecule has 0 N–H and O–H groups in total. The molecule has 0 aliphatic heterocycles. The van der Waals surface area contributed by atoms with Gasteiger partial charge in [-0.1, -0.05) is 279 Å². The highest BCUT2D eigenvalue weighted by Crippen LogP contribution is 2.18. The van der Waals surface area contributed by atoms with E-state index >= 15 is 0 Å². The summed E-state index contributed by atoms with van der Waals surface area (Å²) in [6, 6.07) is 0. The van der Waals surface area contributed by atoms with E-state index in [2.05, 4.69) is 34.6 Å². The molecule has 374 valence electrons. The zero-order valence-corrected chi connectivity index (χ0v) is 43.2. The summed E-state index contributed by atoms with van der Waals surface area (Å²) in [5.74, 6) is 0.884. The lowest BCUT2D eigenvalue weighted by molar-refractivity contribution is -0.167. The van der Waals surface area contributed by atoms with Crippen molar-refractivity contribution < 1.29 is 28.6 Å². The molecular formula is C57H110O6. The summed E-state index contributed by atoms with van der Waals surface area (Å²) in [6.07, 6.45) is 52.4. The number of hydrogen-bond acceptors (Lipinski definition) is 6. The molecule has 0 bridgehead atoms. The van der Waals surface area contributed by atoms with Crippen LogP contribution in [0.2, 0.25) is 0 Å². The molecule has 0 saturated heterocycles. The second-order valence-corrected chi connectivity index (χ2v) is 20.3. The fourth-order valence-corrected chi connectivity index (χ4v) is 8.66. The minimum Gasteiger partial charge on any atom is -0.462 e. The van der Waals surface area contributed by atoms with E-state index in [1.165, 1.54) is 205 Å². The fourth-order valence-electron chi connectivity index (χ4n) is 8.66. The molecule has 6 nitrogen and oxygen atoms in total. The molecule has 6 heteroatoms. The molecule has 0 saturated carbocycles. The van der Waals surface area contributed by atoms with Gasteiger partial charge >= 0.3 is 17.9 Å². The summed E-state index contributed by atoms with van der Waals surface area (Å²) in [5, 5.41) is 0. The summed E-state index contributed by atoms with van der Waals surface area (Å²) in [4.78, 5) is 38.0. The number of hydrogen-bond donors (Lipinski definition) is 0. The highest BCUT2D eigenvalue weighted by atomic mass is 16.6. The second kappa shape index (κ2) is 49.8. The number of unbranched alkanes of at least 4 members (excludes halogenated alkanes) is 35. The van der Waals surface area contributed by atoms with E-state index in [1.807, 2.05) is 0 Å². The van der Waals surface area contributed by atoms with Gasteiger partial charge in [-0.3, -0.25) is 14.4 Å². The van der Waals surface area contributed by atoms with Crippen LogP contribution in [0.25, 0.3) is 0 Å². The molecule has 0 aliphatic rings. The van der Waals surface area contributed by atoms with Gasteiger partial charge in [-0.05, 0) is 31.1 Å². The van der Waals surface area contributed by atoms with Crippen LogP contribution in [-0.2, 0) is 28.6 Å². The molecule has 63 heavy (non-hydrogen) atoms. The third kappa shape index (κ3) is 49.7. The molecule has 0 rings (SSSR count). The van der Waals surface area contributed by atoms with Crippen molar-refractivity contribution in [3.63, 3.8) is 0 Å². The van der Waals surface area contributed by atoms with Crippen LogP contribution in [0.15, 0.2) is 0 Å². The summed E-state index contributed by atoms with van der Waals surface area (Å²) >= 11 is 0. The van der Waals surface area contributed by atoms with E-state index in [1.54, 1.807) is 0 Å². The highest BCUT2D eigenvalue weighted by molar-refractivity contribution is 5.71. The zero-order chi connectivity index (χ0) is 46.1. The van der Waals surface area contributed by atoms with Gasteiger partial charge in [-0.2, -0.15) is 0 Å². The largest absolute Gasteiger partial charge is 0.462 e. The van der Waals surface area contributed by atoms with Gasteiger partial charge in [-0.25, -0.2) is 0 Å². The number of rotatable bonds is 51. The first kappa shape index (κ1) is 61.4. The predicted molar refractivity (Wildman–Crippen MR) is 270 cm³/mol. The van der Waals surface area contributed by atoms with Gasteiger partial charge in [0.1, 0.15) is 13.2 Å². The lowest BCUT2D eigenvalue weighted by Gasteiger charge is -2.18. The Labute approximate surface area is 393 Å². The predicted octanol–water partition coefficient (Wildman–Crippen LogP) is 18.5. The minimum absolute atomic E-state index is 0.0631. The van der Waals surface area contributed by atoms with Crippen LogP contribution in [0.4, 0.5) is 0 Å². The summed E-state index contributed by atoms with van der Waals surface area (Å²) in [5.41, 5.74) is 0. The maximum absolute atomic E-state index is 12.8. The van der Waals surface area contributed by atoms with E-state index in [0.717, 1.165) is 69.6 Å². The van der Waals surface area contributed by atoms with Gasteiger partial charge in [0.05, 0.1) is 0 Å². The molecule has 2 atom stereocenters. The number of carbonyl (C=O) groups excluding carboxylic acids is 3. The first-order valence-corrected chi connectivity index (χ1v) is 28.3. The maximum atomic E-state index is 12.8. The third-order valence-electron chi connectivity index (χ3n) is 13.3.